The van der Waals surface area contributed by atoms with Gasteiger partial charge in [-0.15, -0.1) is 0 Å². The molecule has 2 aromatic rings. The summed E-state index contributed by atoms with van der Waals surface area (Å²) in [4.78, 5) is 14.2. The van der Waals surface area contributed by atoms with Crippen LogP contribution in [0.5, 0.6) is 0 Å². The van der Waals surface area contributed by atoms with Crippen LogP contribution in [0.4, 0.5) is 10.1 Å². The summed E-state index contributed by atoms with van der Waals surface area (Å²) in [6, 6.07) is 13.7. The Morgan fingerprint density at radius 3 is 2.37 bits per heavy atom. The Morgan fingerprint density at radius 1 is 1.16 bits per heavy atom. The van der Waals surface area contributed by atoms with Crippen LogP contribution in [0, 0.1) is 9.39 Å². The molecule has 2 rings (SSSR count). The van der Waals surface area contributed by atoms with E-state index in [1.54, 1.807) is 30.3 Å². The molecule has 100 valence electrons. The molecule has 19 heavy (non-hydrogen) atoms. The van der Waals surface area contributed by atoms with E-state index in [1.165, 1.54) is 9.64 Å². The van der Waals surface area contributed by atoms with Gasteiger partial charge in [-0.3, -0.25) is 0 Å². The topological polar surface area (TPSA) is 29.1 Å². The van der Waals surface area contributed by atoms with Crippen molar-refractivity contribution in [3.05, 3.63) is 63.5 Å². The molecule has 0 heterocycles. The number of carbonyl (C=O) groups excluding carboxylic acids is 1. The normalized spacial score (nSPS) is 11.0. The van der Waals surface area contributed by atoms with Crippen molar-refractivity contribution < 1.29 is 9.18 Å². The Morgan fingerprint density at radius 2 is 1.79 bits per heavy atom. The second-order valence-electron chi connectivity index (χ2n) is 3.84. The van der Waals surface area contributed by atoms with Crippen molar-refractivity contribution >= 4 is 46.1 Å². The summed E-state index contributed by atoms with van der Waals surface area (Å²) >= 11 is 1.43. The summed E-state index contributed by atoms with van der Waals surface area (Å²) in [7, 11) is 0. The molecule has 0 atom stereocenters. The molecule has 0 aliphatic carbocycles. The fraction of sp³-hybridized carbons (Fsp3) is 0.0714. The number of hydrogen-bond donors (Lipinski definition) is 1. The molecule has 2 aromatic carbocycles. The van der Waals surface area contributed by atoms with Gasteiger partial charge in [0.15, 0.2) is 0 Å². The fourth-order valence-electron chi connectivity index (χ4n) is 1.53. The first kappa shape index (κ1) is 14.7. The molecule has 1 N–H and O–H groups in total. The molecule has 0 radical (unpaired) electrons. The second-order valence-corrected chi connectivity index (χ2v) is 15.6. The van der Waals surface area contributed by atoms with Gasteiger partial charge in [-0.25, -0.2) is 0 Å². The van der Waals surface area contributed by atoms with Crippen LogP contribution in [-0.4, -0.2) is 10.8 Å². The average molecular weight is 483 g/mol. The molecular formula is C14H12FI2NO. The van der Waals surface area contributed by atoms with Gasteiger partial charge in [-0.1, -0.05) is 0 Å². The Bertz CT molecular complexity index is 584. The van der Waals surface area contributed by atoms with Crippen molar-refractivity contribution in [2.45, 2.75) is 0 Å². The maximum absolute atomic E-state index is 13.4. The Hall–Kier alpha value is -0.700. The van der Waals surface area contributed by atoms with Crippen molar-refractivity contribution in [2.75, 3.05) is 10.2 Å². The first-order valence-corrected chi connectivity index (χ1v) is 15.0. The SMILES string of the molecule is CI(I)c1ccc(C(=O)Nc2ccccc2F)cc1. The number of amides is 1. The molecule has 0 aliphatic rings. The molecule has 0 bridgehead atoms. The van der Waals surface area contributed by atoms with Crippen LogP contribution >= 0.6 is 34.5 Å². The predicted molar refractivity (Wildman–Crippen MR) is 93.5 cm³/mol. The summed E-state index contributed by atoms with van der Waals surface area (Å²) < 4.78 is 14.7. The number of nitrogens with one attached hydrogen (secondary N) is 1. The first-order chi connectivity index (χ1) is 9.08. The number of anilines is 1. The monoisotopic (exact) mass is 483 g/mol. The molecule has 5 heteroatoms. The van der Waals surface area contributed by atoms with Crippen LogP contribution < -0.4 is 5.32 Å². The van der Waals surface area contributed by atoms with Gasteiger partial charge in [-0.2, -0.15) is 0 Å². The van der Waals surface area contributed by atoms with E-state index in [2.05, 4.69) is 28.9 Å². The molecule has 1 amide bonds. The third kappa shape index (κ3) is 3.88. The molecule has 0 spiro atoms. The van der Waals surface area contributed by atoms with E-state index in [0.29, 0.717) is 5.56 Å². The van der Waals surface area contributed by atoms with Crippen molar-refractivity contribution in [1.29, 1.82) is 0 Å². The maximum atomic E-state index is 13.4. The molecule has 0 saturated carbocycles. The molecule has 0 unspecified atom stereocenters. The van der Waals surface area contributed by atoms with Crippen LogP contribution in [0.3, 0.4) is 0 Å². The van der Waals surface area contributed by atoms with Gasteiger partial charge in [0.25, 0.3) is 0 Å². The average Bonchev–Trinajstić information content (AvgIpc) is 2.41. The van der Waals surface area contributed by atoms with Gasteiger partial charge in [-0.05, 0) is 0 Å². The van der Waals surface area contributed by atoms with E-state index < -0.39 is 21.7 Å². The Balaban J connectivity index is 2.14. The molecule has 0 aromatic heterocycles. The van der Waals surface area contributed by atoms with E-state index in [0.717, 1.165) is 0 Å². The second kappa shape index (κ2) is 6.65. The van der Waals surface area contributed by atoms with E-state index in [-0.39, 0.29) is 11.6 Å². The van der Waals surface area contributed by atoms with Gasteiger partial charge in [0.1, 0.15) is 0 Å². The van der Waals surface area contributed by atoms with Crippen LogP contribution in [-0.2, 0) is 0 Å². The van der Waals surface area contributed by atoms with Gasteiger partial charge in [0.2, 0.25) is 0 Å². The van der Waals surface area contributed by atoms with Crippen molar-refractivity contribution in [2.24, 2.45) is 0 Å². The summed E-state index contributed by atoms with van der Waals surface area (Å²) in [5, 5.41) is 2.57. The molecular weight excluding hydrogens is 471 g/mol. The molecule has 0 aliphatic heterocycles. The van der Waals surface area contributed by atoms with Crippen LogP contribution in [0.1, 0.15) is 10.4 Å². The summed E-state index contributed by atoms with van der Waals surface area (Å²) in [6.07, 6.45) is 0. The zero-order valence-electron chi connectivity index (χ0n) is 10.2. The van der Waals surface area contributed by atoms with Crippen LogP contribution in [0.25, 0.3) is 0 Å². The number of benzene rings is 2. The number of alkyl halides is 1. The first-order valence-electron chi connectivity index (χ1n) is 5.50. The van der Waals surface area contributed by atoms with Crippen LogP contribution in [0.2, 0.25) is 0 Å². The van der Waals surface area contributed by atoms with Gasteiger partial charge in [0.05, 0.1) is 0 Å². The van der Waals surface area contributed by atoms with Gasteiger partial charge in [0, 0.05) is 0 Å². The van der Waals surface area contributed by atoms with E-state index in [4.69, 9.17) is 0 Å². The minimum atomic E-state index is -1.04. The summed E-state index contributed by atoms with van der Waals surface area (Å²) in [6.45, 7) is 0. The zero-order chi connectivity index (χ0) is 13.8. The quantitative estimate of drug-likeness (QED) is 0.497. The van der Waals surface area contributed by atoms with E-state index in [1.807, 2.05) is 12.1 Å². The van der Waals surface area contributed by atoms with Gasteiger partial charge < -0.3 is 0 Å². The summed E-state index contributed by atoms with van der Waals surface area (Å²) in [5.74, 6) is -0.719. The fourth-order valence-corrected chi connectivity index (χ4v) is 4.71. The van der Waals surface area contributed by atoms with Crippen molar-refractivity contribution in [3.63, 3.8) is 0 Å². The number of hydrogen-bond acceptors (Lipinski definition) is 1. The predicted octanol–water partition coefficient (Wildman–Crippen LogP) is 4.73. The summed E-state index contributed by atoms with van der Waals surface area (Å²) in [5.41, 5.74) is 0.746. The Labute approximate surface area is 128 Å². The van der Waals surface area contributed by atoms with E-state index >= 15 is 0 Å². The minimum absolute atomic E-state index is 0.203. The molecule has 0 saturated heterocycles. The number of halogens is 3. The van der Waals surface area contributed by atoms with E-state index in [9.17, 15) is 9.18 Å². The standard InChI is InChI=1S/C14H12FI2NO/c1-17(16)11-8-6-10(7-9-11)14(19)18-13-5-3-2-4-12(13)15/h2-9H,1H3,(H,18,19). The van der Waals surface area contributed by atoms with Crippen LogP contribution in [0.15, 0.2) is 48.5 Å². The van der Waals surface area contributed by atoms with Crippen molar-refractivity contribution in [1.82, 2.24) is 0 Å². The third-order valence-corrected chi connectivity index (χ3v) is 8.12. The van der Waals surface area contributed by atoms with Crippen molar-refractivity contribution in [3.8, 4) is 0 Å². The number of rotatable bonds is 3. The number of carbonyl (C=O) groups is 1. The third-order valence-electron chi connectivity index (χ3n) is 2.53. The van der Waals surface area contributed by atoms with Gasteiger partial charge >= 0.3 is 129 Å². The Kier molecular flexibility index (Phi) is 5.14. The zero-order valence-corrected chi connectivity index (χ0v) is 14.5. The molecule has 0 fully saturated rings. The molecule has 2 nitrogen and oxygen atoms in total. The number of para-hydroxylation sites is 1.